The van der Waals surface area contributed by atoms with Gasteiger partial charge in [-0.15, -0.1) is 11.3 Å². The molecule has 1 aliphatic heterocycles. The number of benzene rings is 1. The number of rotatable bonds is 4. The Morgan fingerprint density at radius 3 is 2.77 bits per heavy atom. The summed E-state index contributed by atoms with van der Waals surface area (Å²) in [4.78, 5) is 32.0. The number of carbonyl (C=O) groups excluding carboxylic acids is 2. The molecule has 7 heteroatoms. The van der Waals surface area contributed by atoms with Crippen molar-refractivity contribution in [1.82, 2.24) is 9.88 Å². The van der Waals surface area contributed by atoms with Crippen LogP contribution in [0.4, 0.5) is 5.13 Å². The first kappa shape index (κ1) is 19.0. The monoisotopic (exact) mass is 435 g/mol. The van der Waals surface area contributed by atoms with Crippen LogP contribution < -0.4 is 5.32 Å². The number of hydrogen-bond acceptors (Lipinski definition) is 4. The summed E-state index contributed by atoms with van der Waals surface area (Å²) < 4.78 is 1.02. The number of nitrogens with zero attached hydrogens (tertiary/aromatic N) is 2. The minimum atomic E-state index is -0.167. The average molecular weight is 436 g/mol. The second kappa shape index (κ2) is 8.31. The average Bonchev–Trinajstić information content (AvgIpc) is 3.01. The van der Waals surface area contributed by atoms with Crippen LogP contribution in [0.25, 0.3) is 11.3 Å². The predicted molar refractivity (Wildman–Crippen MR) is 108 cm³/mol. The second-order valence-electron chi connectivity index (χ2n) is 6.45. The molecule has 2 amide bonds. The number of piperidine rings is 1. The largest absolute Gasteiger partial charge is 0.342 e. The van der Waals surface area contributed by atoms with Crippen molar-refractivity contribution in [2.75, 3.05) is 18.4 Å². The van der Waals surface area contributed by atoms with Crippen LogP contribution in [0.15, 0.2) is 28.7 Å². The van der Waals surface area contributed by atoms with E-state index in [2.05, 4.69) is 26.2 Å². The molecule has 138 valence electrons. The van der Waals surface area contributed by atoms with E-state index in [1.165, 1.54) is 11.3 Å². The maximum atomic E-state index is 12.6. The third-order valence-corrected chi connectivity index (χ3v) is 6.01. The Kier molecular flexibility index (Phi) is 6.09. The number of carbonyl (C=O) groups is 2. The summed E-state index contributed by atoms with van der Waals surface area (Å²) in [6.07, 6.45) is 2.16. The molecule has 0 saturated carbocycles. The van der Waals surface area contributed by atoms with Crippen molar-refractivity contribution in [1.29, 1.82) is 0 Å². The quantitative estimate of drug-likeness (QED) is 0.770. The highest BCUT2D eigenvalue weighted by atomic mass is 79.9. The standard InChI is InChI=1S/C19H22BrN3O2S/c1-3-16(24)23-10-4-5-14(11-23)18(25)22-19-21-17(12(2)26-19)13-6-8-15(20)9-7-13/h6-9,14H,3-5,10-11H2,1-2H3,(H,21,22,25). The van der Waals surface area contributed by atoms with Crippen molar-refractivity contribution in [3.8, 4) is 11.3 Å². The number of halogens is 1. The van der Waals surface area contributed by atoms with Gasteiger partial charge in [0.2, 0.25) is 11.8 Å². The number of aryl methyl sites for hydroxylation is 1. The van der Waals surface area contributed by atoms with Gasteiger partial charge in [-0.2, -0.15) is 0 Å². The molecule has 1 fully saturated rings. The summed E-state index contributed by atoms with van der Waals surface area (Å²) in [7, 11) is 0. The lowest BCUT2D eigenvalue weighted by molar-refractivity contribution is -0.134. The molecule has 1 aliphatic rings. The normalized spacial score (nSPS) is 17.2. The fourth-order valence-corrected chi connectivity index (χ4v) is 4.28. The van der Waals surface area contributed by atoms with Gasteiger partial charge < -0.3 is 10.2 Å². The Labute approximate surface area is 165 Å². The number of anilines is 1. The molecular formula is C19H22BrN3O2S. The van der Waals surface area contributed by atoms with E-state index in [1.54, 1.807) is 4.90 Å². The van der Waals surface area contributed by atoms with Crippen molar-refractivity contribution in [3.05, 3.63) is 33.6 Å². The number of hydrogen-bond donors (Lipinski definition) is 1. The van der Waals surface area contributed by atoms with Gasteiger partial charge in [0.05, 0.1) is 11.6 Å². The van der Waals surface area contributed by atoms with Crippen LogP contribution in [-0.4, -0.2) is 34.8 Å². The Morgan fingerprint density at radius 1 is 1.35 bits per heavy atom. The molecule has 1 aromatic carbocycles. The van der Waals surface area contributed by atoms with E-state index < -0.39 is 0 Å². The van der Waals surface area contributed by atoms with E-state index in [0.717, 1.165) is 40.0 Å². The molecule has 0 spiro atoms. The molecule has 1 aromatic heterocycles. The first-order chi connectivity index (χ1) is 12.5. The SMILES string of the molecule is CCC(=O)N1CCCC(C(=O)Nc2nc(-c3ccc(Br)cc3)c(C)s2)C1. The third kappa shape index (κ3) is 4.32. The minimum absolute atomic E-state index is 0.0466. The number of amides is 2. The van der Waals surface area contributed by atoms with Gasteiger partial charge in [-0.3, -0.25) is 9.59 Å². The molecule has 1 saturated heterocycles. The lowest BCUT2D eigenvalue weighted by Crippen LogP contribution is -2.43. The molecular weight excluding hydrogens is 414 g/mol. The Hall–Kier alpha value is -1.73. The van der Waals surface area contributed by atoms with Gasteiger partial charge in [0, 0.05) is 34.4 Å². The van der Waals surface area contributed by atoms with Crippen LogP contribution in [0.2, 0.25) is 0 Å². The summed E-state index contributed by atoms with van der Waals surface area (Å²) in [5.41, 5.74) is 1.92. The minimum Gasteiger partial charge on any atom is -0.342 e. The van der Waals surface area contributed by atoms with Crippen LogP contribution in [0.3, 0.4) is 0 Å². The molecule has 0 bridgehead atoms. The summed E-state index contributed by atoms with van der Waals surface area (Å²) >= 11 is 4.92. The zero-order valence-electron chi connectivity index (χ0n) is 14.9. The Bertz CT molecular complexity index is 804. The van der Waals surface area contributed by atoms with Crippen molar-refractivity contribution in [3.63, 3.8) is 0 Å². The molecule has 1 N–H and O–H groups in total. The maximum Gasteiger partial charge on any atom is 0.231 e. The molecule has 3 rings (SSSR count). The lowest BCUT2D eigenvalue weighted by atomic mass is 9.97. The third-order valence-electron chi connectivity index (χ3n) is 4.59. The molecule has 2 heterocycles. The van der Waals surface area contributed by atoms with E-state index in [4.69, 9.17) is 0 Å². The van der Waals surface area contributed by atoms with Crippen molar-refractivity contribution in [2.45, 2.75) is 33.1 Å². The van der Waals surface area contributed by atoms with Gasteiger partial charge in [0.25, 0.3) is 0 Å². The van der Waals surface area contributed by atoms with E-state index in [9.17, 15) is 9.59 Å². The highest BCUT2D eigenvalue weighted by Crippen LogP contribution is 2.31. The predicted octanol–water partition coefficient (Wildman–Crippen LogP) is 4.47. The molecule has 0 aliphatic carbocycles. The van der Waals surface area contributed by atoms with Crippen LogP contribution in [0.1, 0.15) is 31.1 Å². The zero-order valence-corrected chi connectivity index (χ0v) is 17.3. The smallest absolute Gasteiger partial charge is 0.231 e. The Balaban J connectivity index is 1.69. The molecule has 1 unspecified atom stereocenters. The molecule has 5 nitrogen and oxygen atoms in total. The first-order valence-corrected chi connectivity index (χ1v) is 10.4. The lowest BCUT2D eigenvalue weighted by Gasteiger charge is -2.31. The topological polar surface area (TPSA) is 62.3 Å². The molecule has 2 aromatic rings. The zero-order chi connectivity index (χ0) is 18.7. The second-order valence-corrected chi connectivity index (χ2v) is 8.57. The fraction of sp³-hybridized carbons (Fsp3) is 0.421. The fourth-order valence-electron chi connectivity index (χ4n) is 3.17. The van der Waals surface area contributed by atoms with Gasteiger partial charge in [-0.05, 0) is 31.9 Å². The van der Waals surface area contributed by atoms with Crippen molar-refractivity contribution < 1.29 is 9.59 Å². The number of thiazole rings is 1. The van der Waals surface area contributed by atoms with E-state index in [0.29, 0.717) is 18.1 Å². The summed E-state index contributed by atoms with van der Waals surface area (Å²) in [6, 6.07) is 7.97. The van der Waals surface area contributed by atoms with Crippen LogP contribution in [0, 0.1) is 12.8 Å². The Morgan fingerprint density at radius 2 is 2.08 bits per heavy atom. The van der Waals surface area contributed by atoms with Gasteiger partial charge in [0.15, 0.2) is 5.13 Å². The van der Waals surface area contributed by atoms with Crippen LogP contribution in [0.5, 0.6) is 0 Å². The van der Waals surface area contributed by atoms with Gasteiger partial charge in [0.1, 0.15) is 0 Å². The van der Waals surface area contributed by atoms with E-state index in [1.807, 2.05) is 38.1 Å². The van der Waals surface area contributed by atoms with Gasteiger partial charge in [-0.1, -0.05) is 35.0 Å². The first-order valence-electron chi connectivity index (χ1n) is 8.80. The van der Waals surface area contributed by atoms with Crippen LogP contribution >= 0.6 is 27.3 Å². The van der Waals surface area contributed by atoms with Crippen molar-refractivity contribution >= 4 is 44.2 Å². The van der Waals surface area contributed by atoms with Gasteiger partial charge in [-0.25, -0.2) is 4.98 Å². The van der Waals surface area contributed by atoms with Crippen LogP contribution in [-0.2, 0) is 9.59 Å². The molecule has 26 heavy (non-hydrogen) atoms. The maximum absolute atomic E-state index is 12.6. The van der Waals surface area contributed by atoms with Crippen molar-refractivity contribution in [2.24, 2.45) is 5.92 Å². The number of nitrogens with one attached hydrogen (secondary N) is 1. The van der Waals surface area contributed by atoms with E-state index >= 15 is 0 Å². The molecule has 1 atom stereocenters. The molecule has 0 radical (unpaired) electrons. The summed E-state index contributed by atoms with van der Waals surface area (Å²) in [6.45, 7) is 5.12. The summed E-state index contributed by atoms with van der Waals surface area (Å²) in [5.74, 6) is -0.0978. The highest BCUT2D eigenvalue weighted by Gasteiger charge is 2.28. The highest BCUT2D eigenvalue weighted by molar-refractivity contribution is 9.10. The number of likely N-dealkylation sites (tertiary alicyclic amines) is 1. The summed E-state index contributed by atoms with van der Waals surface area (Å²) in [5, 5.41) is 3.57. The van der Waals surface area contributed by atoms with Gasteiger partial charge >= 0.3 is 0 Å². The number of aromatic nitrogens is 1. The van der Waals surface area contributed by atoms with E-state index in [-0.39, 0.29) is 17.7 Å².